The standard InChI is InChI=1S/C14H13F3N4OS/c1-3-4-11-20-12(22-21-11)7-23-13-9(6-18)10(14(15,16)17)5-8(2)19-13/h5H,3-4,7H2,1-2H3. The van der Waals surface area contributed by atoms with Gasteiger partial charge in [0.05, 0.1) is 16.9 Å². The van der Waals surface area contributed by atoms with Crippen molar-refractivity contribution in [3.63, 3.8) is 0 Å². The molecule has 0 saturated heterocycles. The molecule has 5 nitrogen and oxygen atoms in total. The van der Waals surface area contributed by atoms with E-state index in [0.29, 0.717) is 18.1 Å². The molecular formula is C14H13F3N4OS. The van der Waals surface area contributed by atoms with Crippen molar-refractivity contribution in [2.75, 3.05) is 0 Å². The number of hydrogen-bond donors (Lipinski definition) is 0. The third-order valence-corrected chi connectivity index (χ3v) is 3.81. The summed E-state index contributed by atoms with van der Waals surface area (Å²) in [5, 5.41) is 12.8. The first-order chi connectivity index (χ1) is 10.8. The number of hydrogen-bond acceptors (Lipinski definition) is 6. The highest BCUT2D eigenvalue weighted by Gasteiger charge is 2.35. The fraction of sp³-hybridized carbons (Fsp3) is 0.429. The van der Waals surface area contributed by atoms with Crippen molar-refractivity contribution in [3.05, 3.63) is 34.6 Å². The molecule has 0 aliphatic rings. The van der Waals surface area contributed by atoms with E-state index < -0.39 is 17.3 Å². The van der Waals surface area contributed by atoms with Crippen LogP contribution in [0.4, 0.5) is 13.2 Å². The lowest BCUT2D eigenvalue weighted by atomic mass is 10.1. The normalized spacial score (nSPS) is 11.5. The Bertz CT molecular complexity index is 737. The zero-order chi connectivity index (χ0) is 17.0. The number of pyridine rings is 1. The molecule has 0 saturated carbocycles. The Morgan fingerprint density at radius 3 is 2.70 bits per heavy atom. The first-order valence-electron chi connectivity index (χ1n) is 6.78. The van der Waals surface area contributed by atoms with Gasteiger partial charge in [0.1, 0.15) is 11.1 Å². The molecule has 0 atom stereocenters. The molecule has 0 bridgehead atoms. The average molecular weight is 342 g/mol. The van der Waals surface area contributed by atoms with Crippen molar-refractivity contribution in [3.8, 4) is 6.07 Å². The highest BCUT2D eigenvalue weighted by Crippen LogP contribution is 2.36. The molecule has 2 rings (SSSR count). The predicted octanol–water partition coefficient (Wildman–Crippen LogP) is 3.91. The minimum atomic E-state index is -4.60. The zero-order valence-electron chi connectivity index (χ0n) is 12.4. The Balaban J connectivity index is 2.25. The van der Waals surface area contributed by atoms with Gasteiger partial charge in [-0.1, -0.05) is 23.8 Å². The van der Waals surface area contributed by atoms with Crippen molar-refractivity contribution in [2.24, 2.45) is 0 Å². The topological polar surface area (TPSA) is 75.6 Å². The van der Waals surface area contributed by atoms with Gasteiger partial charge >= 0.3 is 6.18 Å². The van der Waals surface area contributed by atoms with E-state index in [1.165, 1.54) is 6.92 Å². The summed E-state index contributed by atoms with van der Waals surface area (Å²) in [6.45, 7) is 3.42. The fourth-order valence-electron chi connectivity index (χ4n) is 1.88. The van der Waals surface area contributed by atoms with Crippen LogP contribution < -0.4 is 0 Å². The van der Waals surface area contributed by atoms with Crippen LogP contribution in [0.2, 0.25) is 0 Å². The molecule has 0 aliphatic heterocycles. The number of halogens is 3. The number of aromatic nitrogens is 3. The first-order valence-corrected chi connectivity index (χ1v) is 7.77. The van der Waals surface area contributed by atoms with Crippen molar-refractivity contribution >= 4 is 11.8 Å². The van der Waals surface area contributed by atoms with E-state index in [9.17, 15) is 13.2 Å². The molecule has 9 heteroatoms. The summed E-state index contributed by atoms with van der Waals surface area (Å²) in [5.41, 5.74) is -1.27. The Morgan fingerprint density at radius 1 is 1.35 bits per heavy atom. The second kappa shape index (κ2) is 7.00. The second-order valence-corrected chi connectivity index (χ2v) is 5.71. The van der Waals surface area contributed by atoms with Gasteiger partial charge < -0.3 is 4.52 Å². The third-order valence-electron chi connectivity index (χ3n) is 2.85. The number of rotatable bonds is 5. The van der Waals surface area contributed by atoms with Crippen LogP contribution in [0.1, 0.15) is 41.9 Å². The smallest absolute Gasteiger partial charge is 0.338 e. The van der Waals surface area contributed by atoms with E-state index in [1.54, 1.807) is 6.07 Å². The van der Waals surface area contributed by atoms with Crippen molar-refractivity contribution in [1.29, 1.82) is 5.26 Å². The summed E-state index contributed by atoms with van der Waals surface area (Å²) in [4.78, 5) is 8.16. The molecule has 0 unspecified atom stereocenters. The van der Waals surface area contributed by atoms with E-state index in [1.807, 2.05) is 6.92 Å². The average Bonchev–Trinajstić information content (AvgIpc) is 2.91. The van der Waals surface area contributed by atoms with Gasteiger partial charge in [-0.3, -0.25) is 0 Å². The summed E-state index contributed by atoms with van der Waals surface area (Å²) < 4.78 is 44.1. The van der Waals surface area contributed by atoms with Crippen LogP contribution in [0.15, 0.2) is 15.6 Å². The number of nitriles is 1. The molecule has 2 heterocycles. The van der Waals surface area contributed by atoms with E-state index in [4.69, 9.17) is 9.78 Å². The summed E-state index contributed by atoms with van der Waals surface area (Å²) in [6.07, 6.45) is -3.08. The summed E-state index contributed by atoms with van der Waals surface area (Å²) in [6, 6.07) is 2.46. The van der Waals surface area contributed by atoms with Crippen LogP contribution in [0, 0.1) is 18.3 Å². The fourth-order valence-corrected chi connectivity index (χ4v) is 2.77. The maximum absolute atomic E-state index is 13.0. The molecule has 2 aromatic heterocycles. The Kier molecular flexibility index (Phi) is 5.26. The minimum absolute atomic E-state index is 0.00932. The summed E-state index contributed by atoms with van der Waals surface area (Å²) in [5.74, 6) is 0.995. The molecule has 0 fully saturated rings. The third kappa shape index (κ3) is 4.22. The van der Waals surface area contributed by atoms with E-state index in [-0.39, 0.29) is 16.5 Å². The van der Waals surface area contributed by atoms with Gasteiger partial charge in [-0.25, -0.2) is 4.98 Å². The van der Waals surface area contributed by atoms with E-state index >= 15 is 0 Å². The van der Waals surface area contributed by atoms with Gasteiger partial charge in [0, 0.05) is 12.1 Å². The molecule has 0 aliphatic carbocycles. The molecule has 0 radical (unpaired) electrons. The Labute approximate surface area is 134 Å². The second-order valence-electron chi connectivity index (χ2n) is 4.74. The van der Waals surface area contributed by atoms with Crippen LogP contribution in [0.5, 0.6) is 0 Å². The SMILES string of the molecule is CCCc1noc(CSc2nc(C)cc(C(F)(F)F)c2C#N)n1. The van der Waals surface area contributed by atoms with Gasteiger partial charge in [-0.15, -0.1) is 0 Å². The molecule has 0 spiro atoms. The quantitative estimate of drug-likeness (QED) is 0.767. The Morgan fingerprint density at radius 2 is 2.09 bits per heavy atom. The Hall–Kier alpha value is -2.08. The predicted molar refractivity (Wildman–Crippen MR) is 76.5 cm³/mol. The van der Waals surface area contributed by atoms with Gasteiger partial charge in [0.25, 0.3) is 0 Å². The lowest BCUT2D eigenvalue weighted by Gasteiger charge is -2.12. The summed E-state index contributed by atoms with van der Waals surface area (Å²) in [7, 11) is 0. The molecule has 0 aromatic carbocycles. The van der Waals surface area contributed by atoms with Gasteiger partial charge in [-0.2, -0.15) is 23.4 Å². The van der Waals surface area contributed by atoms with Crippen molar-refractivity contribution in [1.82, 2.24) is 15.1 Å². The molecule has 0 amide bonds. The van der Waals surface area contributed by atoms with Gasteiger partial charge in [0.15, 0.2) is 5.82 Å². The first kappa shape index (κ1) is 17.3. The van der Waals surface area contributed by atoms with Crippen molar-refractivity contribution in [2.45, 2.75) is 43.6 Å². The van der Waals surface area contributed by atoms with E-state index in [2.05, 4.69) is 15.1 Å². The van der Waals surface area contributed by atoms with Crippen molar-refractivity contribution < 1.29 is 17.7 Å². The van der Waals surface area contributed by atoms with Gasteiger partial charge in [-0.05, 0) is 19.4 Å². The minimum Gasteiger partial charge on any atom is -0.338 e. The molecule has 0 N–H and O–H groups in total. The molecule has 23 heavy (non-hydrogen) atoms. The highest BCUT2D eigenvalue weighted by molar-refractivity contribution is 7.98. The lowest BCUT2D eigenvalue weighted by molar-refractivity contribution is -0.138. The maximum atomic E-state index is 13.0. The number of nitrogens with zero attached hydrogens (tertiary/aromatic N) is 4. The highest BCUT2D eigenvalue weighted by atomic mass is 32.2. The monoisotopic (exact) mass is 342 g/mol. The largest absolute Gasteiger partial charge is 0.417 e. The molecule has 122 valence electrons. The van der Waals surface area contributed by atoms with Crippen LogP contribution in [0.3, 0.4) is 0 Å². The number of aryl methyl sites for hydroxylation is 2. The van der Waals surface area contributed by atoms with E-state index in [0.717, 1.165) is 24.2 Å². The molecular weight excluding hydrogens is 329 g/mol. The summed E-state index contributed by atoms with van der Waals surface area (Å²) >= 11 is 0.971. The lowest BCUT2D eigenvalue weighted by Crippen LogP contribution is -2.10. The van der Waals surface area contributed by atoms with Gasteiger partial charge in [0.2, 0.25) is 5.89 Å². The zero-order valence-corrected chi connectivity index (χ0v) is 13.3. The maximum Gasteiger partial charge on any atom is 0.417 e. The van der Waals surface area contributed by atoms with Crippen LogP contribution in [-0.4, -0.2) is 15.1 Å². The number of thioether (sulfide) groups is 1. The van der Waals surface area contributed by atoms with Crippen LogP contribution in [0.25, 0.3) is 0 Å². The van der Waals surface area contributed by atoms with Crippen LogP contribution >= 0.6 is 11.8 Å². The molecule has 2 aromatic rings. The van der Waals surface area contributed by atoms with Crippen LogP contribution in [-0.2, 0) is 18.3 Å². The number of alkyl halides is 3.